The number of benzene rings is 1. The summed E-state index contributed by atoms with van der Waals surface area (Å²) in [6.45, 7) is 13.2. The van der Waals surface area contributed by atoms with E-state index in [1.807, 2.05) is 6.92 Å². The fourth-order valence-corrected chi connectivity index (χ4v) is 3.86. The Hall–Kier alpha value is -1.65. The van der Waals surface area contributed by atoms with Crippen molar-refractivity contribution >= 4 is 11.0 Å². The summed E-state index contributed by atoms with van der Waals surface area (Å²) in [6, 6.07) is 3.85. The van der Waals surface area contributed by atoms with Crippen molar-refractivity contribution < 1.29 is 14.1 Å². The Balaban J connectivity index is 2.07. The maximum absolute atomic E-state index is 12.0. The first kappa shape index (κ1) is 16.2. The second-order valence-corrected chi connectivity index (χ2v) is 7.02. The minimum absolute atomic E-state index is 0.255. The lowest BCUT2D eigenvalue weighted by molar-refractivity contribution is -0.928. The number of ether oxygens (including phenoxy) is 1. The first-order valence-electron chi connectivity index (χ1n) is 8.37. The first-order valence-corrected chi connectivity index (χ1v) is 8.37. The standard InChI is InChI=1S/C19H25NO3/c1-11-6-12(2)18-16(7-17(21)23-19(18)15(11)5)10-20-8-13(3)22-14(4)9-20/h6-7,13-14H,8-10H2,1-5H3/p+1/t13-,14-/m0/s1. The number of aryl methyl sites for hydroxylation is 3. The number of hydrogen-bond acceptors (Lipinski definition) is 3. The van der Waals surface area contributed by atoms with Gasteiger partial charge in [-0.15, -0.1) is 0 Å². The predicted molar refractivity (Wildman–Crippen MR) is 91.1 cm³/mol. The molecule has 23 heavy (non-hydrogen) atoms. The molecular weight excluding hydrogens is 290 g/mol. The van der Waals surface area contributed by atoms with Crippen LogP contribution >= 0.6 is 0 Å². The van der Waals surface area contributed by atoms with Crippen LogP contribution in [0.1, 0.15) is 36.1 Å². The molecule has 1 saturated heterocycles. The van der Waals surface area contributed by atoms with Crippen molar-refractivity contribution in [3.63, 3.8) is 0 Å². The molecule has 4 nitrogen and oxygen atoms in total. The van der Waals surface area contributed by atoms with Gasteiger partial charge >= 0.3 is 5.63 Å². The highest BCUT2D eigenvalue weighted by atomic mass is 16.5. The highest BCUT2D eigenvalue weighted by Gasteiger charge is 2.26. The predicted octanol–water partition coefficient (Wildman–Crippen LogP) is 1.91. The van der Waals surface area contributed by atoms with Crippen molar-refractivity contribution in [2.45, 2.75) is 53.4 Å². The minimum Gasteiger partial charge on any atom is -0.422 e. The molecule has 124 valence electrons. The Morgan fingerprint density at radius 1 is 1.09 bits per heavy atom. The number of hydrogen-bond donors (Lipinski definition) is 1. The zero-order chi connectivity index (χ0) is 16.7. The van der Waals surface area contributed by atoms with Crippen molar-refractivity contribution in [3.8, 4) is 0 Å². The largest absolute Gasteiger partial charge is 0.422 e. The van der Waals surface area contributed by atoms with Gasteiger partial charge in [0, 0.05) is 17.0 Å². The molecule has 0 aliphatic carbocycles. The van der Waals surface area contributed by atoms with E-state index in [-0.39, 0.29) is 17.8 Å². The Morgan fingerprint density at radius 3 is 2.39 bits per heavy atom. The zero-order valence-electron chi connectivity index (χ0n) is 14.7. The van der Waals surface area contributed by atoms with Gasteiger partial charge in [0.1, 0.15) is 37.4 Å². The van der Waals surface area contributed by atoms with E-state index in [0.717, 1.165) is 47.3 Å². The highest BCUT2D eigenvalue weighted by molar-refractivity contribution is 5.87. The van der Waals surface area contributed by atoms with E-state index < -0.39 is 0 Å². The average molecular weight is 316 g/mol. The highest BCUT2D eigenvalue weighted by Crippen LogP contribution is 2.26. The third kappa shape index (κ3) is 3.19. The van der Waals surface area contributed by atoms with Gasteiger partial charge in [-0.05, 0) is 51.3 Å². The molecule has 2 aromatic rings. The Bertz CT molecular complexity index is 783. The van der Waals surface area contributed by atoms with Crippen molar-refractivity contribution in [1.29, 1.82) is 0 Å². The van der Waals surface area contributed by atoms with E-state index >= 15 is 0 Å². The number of rotatable bonds is 2. The molecular formula is C19H26NO3+. The van der Waals surface area contributed by atoms with E-state index in [0.29, 0.717) is 0 Å². The average Bonchev–Trinajstić information content (AvgIpc) is 2.43. The minimum atomic E-state index is -0.255. The third-order valence-electron chi connectivity index (χ3n) is 4.86. The molecule has 1 aromatic carbocycles. The SMILES string of the molecule is Cc1cc(C)c2c(C[NH+]3C[C@H](C)O[C@@H](C)C3)cc(=O)oc2c1C. The molecule has 1 aliphatic heterocycles. The van der Waals surface area contributed by atoms with Crippen LogP contribution in [0.25, 0.3) is 11.0 Å². The molecule has 0 unspecified atom stereocenters. The number of fused-ring (bicyclic) bond motifs is 1. The van der Waals surface area contributed by atoms with Crippen LogP contribution < -0.4 is 10.5 Å². The molecule has 1 N–H and O–H groups in total. The summed E-state index contributed by atoms with van der Waals surface area (Å²) in [5.74, 6) is 0. The van der Waals surface area contributed by atoms with E-state index in [1.54, 1.807) is 6.07 Å². The van der Waals surface area contributed by atoms with Gasteiger partial charge in [-0.2, -0.15) is 0 Å². The number of nitrogens with one attached hydrogen (secondary N) is 1. The van der Waals surface area contributed by atoms with Crippen LogP contribution in [0.2, 0.25) is 0 Å². The summed E-state index contributed by atoms with van der Waals surface area (Å²) < 4.78 is 11.4. The van der Waals surface area contributed by atoms with Crippen molar-refractivity contribution in [3.05, 3.63) is 44.8 Å². The fraction of sp³-hybridized carbons (Fsp3) is 0.526. The Kier molecular flexibility index (Phi) is 4.30. The molecule has 0 spiro atoms. The van der Waals surface area contributed by atoms with Gasteiger partial charge in [0.15, 0.2) is 0 Å². The molecule has 1 aliphatic rings. The van der Waals surface area contributed by atoms with E-state index in [2.05, 4.69) is 33.8 Å². The van der Waals surface area contributed by atoms with Crippen LogP contribution in [0.15, 0.2) is 21.3 Å². The summed E-state index contributed by atoms with van der Waals surface area (Å²) in [6.07, 6.45) is 0.510. The maximum Gasteiger partial charge on any atom is 0.336 e. The van der Waals surface area contributed by atoms with Crippen LogP contribution in [0.3, 0.4) is 0 Å². The molecule has 1 aromatic heterocycles. The van der Waals surface area contributed by atoms with Crippen LogP contribution in [0.5, 0.6) is 0 Å². The topological polar surface area (TPSA) is 43.9 Å². The molecule has 0 bridgehead atoms. The van der Waals surface area contributed by atoms with Crippen LogP contribution in [0, 0.1) is 20.8 Å². The molecule has 4 heteroatoms. The Labute approximate surface area is 137 Å². The Morgan fingerprint density at radius 2 is 1.74 bits per heavy atom. The summed E-state index contributed by atoms with van der Waals surface area (Å²) in [5, 5.41) is 1.10. The third-order valence-corrected chi connectivity index (χ3v) is 4.86. The fourth-order valence-electron chi connectivity index (χ4n) is 3.86. The van der Waals surface area contributed by atoms with Crippen LogP contribution in [0.4, 0.5) is 0 Å². The van der Waals surface area contributed by atoms with E-state index in [9.17, 15) is 4.79 Å². The van der Waals surface area contributed by atoms with Gasteiger partial charge in [0.25, 0.3) is 0 Å². The summed E-state index contributed by atoms with van der Waals surface area (Å²) in [7, 11) is 0. The van der Waals surface area contributed by atoms with Crippen LogP contribution in [-0.4, -0.2) is 25.3 Å². The second-order valence-electron chi connectivity index (χ2n) is 7.02. The van der Waals surface area contributed by atoms with Crippen molar-refractivity contribution in [2.75, 3.05) is 13.1 Å². The summed E-state index contributed by atoms with van der Waals surface area (Å²) >= 11 is 0. The van der Waals surface area contributed by atoms with Crippen LogP contribution in [-0.2, 0) is 11.3 Å². The molecule has 0 amide bonds. The van der Waals surface area contributed by atoms with Gasteiger partial charge in [-0.3, -0.25) is 0 Å². The van der Waals surface area contributed by atoms with Gasteiger partial charge in [-0.25, -0.2) is 4.79 Å². The monoisotopic (exact) mass is 316 g/mol. The lowest BCUT2D eigenvalue weighted by atomic mass is 9.97. The lowest BCUT2D eigenvalue weighted by Crippen LogP contribution is -3.14. The molecule has 0 radical (unpaired) electrons. The van der Waals surface area contributed by atoms with Gasteiger partial charge in [0.2, 0.25) is 0 Å². The van der Waals surface area contributed by atoms with Crippen molar-refractivity contribution in [1.82, 2.24) is 0 Å². The summed E-state index contributed by atoms with van der Waals surface area (Å²) in [5.41, 5.74) is 4.98. The second kappa shape index (κ2) is 6.10. The van der Waals surface area contributed by atoms with Gasteiger partial charge in [0.05, 0.1) is 0 Å². The quantitative estimate of drug-likeness (QED) is 0.861. The summed E-state index contributed by atoms with van der Waals surface area (Å²) in [4.78, 5) is 13.5. The smallest absolute Gasteiger partial charge is 0.336 e. The lowest BCUT2D eigenvalue weighted by Gasteiger charge is -2.32. The molecule has 0 saturated carbocycles. The number of quaternary nitrogens is 1. The molecule has 1 fully saturated rings. The van der Waals surface area contributed by atoms with E-state index in [4.69, 9.17) is 9.15 Å². The van der Waals surface area contributed by atoms with Gasteiger partial charge in [-0.1, -0.05) is 6.07 Å². The first-order chi connectivity index (χ1) is 10.8. The van der Waals surface area contributed by atoms with Crippen molar-refractivity contribution in [2.24, 2.45) is 0 Å². The normalized spacial score (nSPS) is 25.0. The molecule has 3 rings (SSSR count). The maximum atomic E-state index is 12.0. The molecule has 2 heterocycles. The number of morpholine rings is 1. The molecule has 2 atom stereocenters. The zero-order valence-corrected chi connectivity index (χ0v) is 14.7. The van der Waals surface area contributed by atoms with E-state index in [1.165, 1.54) is 10.5 Å². The van der Waals surface area contributed by atoms with Gasteiger partial charge < -0.3 is 14.1 Å².